The van der Waals surface area contributed by atoms with E-state index in [9.17, 15) is 9.59 Å². The van der Waals surface area contributed by atoms with Gasteiger partial charge in [0, 0.05) is 12.0 Å². The number of rotatable bonds is 5. The number of carbonyl (C=O) groups is 2. The molecule has 0 saturated carbocycles. The SMILES string of the molecule is CCN1CCC(CNC(=O)c2sc(NC(=O)C(C)(C)C)cc2C)CC1. The van der Waals surface area contributed by atoms with Crippen molar-refractivity contribution in [1.82, 2.24) is 10.2 Å². The Morgan fingerprint density at radius 2 is 1.92 bits per heavy atom. The molecule has 1 aliphatic rings. The summed E-state index contributed by atoms with van der Waals surface area (Å²) in [5.74, 6) is 0.493. The summed E-state index contributed by atoms with van der Waals surface area (Å²) >= 11 is 1.35. The Morgan fingerprint density at radius 1 is 1.28 bits per heavy atom. The van der Waals surface area contributed by atoms with E-state index in [1.165, 1.54) is 11.3 Å². The van der Waals surface area contributed by atoms with Gasteiger partial charge in [0.1, 0.15) is 0 Å². The molecule has 5 nitrogen and oxygen atoms in total. The Kier molecular flexibility index (Phi) is 6.63. The quantitative estimate of drug-likeness (QED) is 0.839. The van der Waals surface area contributed by atoms with Crippen LogP contribution in [0.25, 0.3) is 0 Å². The molecule has 1 aliphatic heterocycles. The fourth-order valence-corrected chi connectivity index (χ4v) is 3.88. The molecule has 0 spiro atoms. The molecule has 0 aromatic carbocycles. The van der Waals surface area contributed by atoms with Crippen molar-refractivity contribution in [3.8, 4) is 0 Å². The first-order valence-electron chi connectivity index (χ1n) is 9.13. The van der Waals surface area contributed by atoms with Crippen LogP contribution >= 0.6 is 11.3 Å². The zero-order valence-corrected chi connectivity index (χ0v) is 16.9. The van der Waals surface area contributed by atoms with E-state index < -0.39 is 5.41 Å². The number of anilines is 1. The minimum absolute atomic E-state index is 0.0309. The predicted octanol–water partition coefficient (Wildman–Crippen LogP) is 3.50. The first-order valence-corrected chi connectivity index (χ1v) is 9.94. The average Bonchev–Trinajstić information content (AvgIpc) is 2.92. The number of hydrogen-bond acceptors (Lipinski definition) is 4. The number of thiophene rings is 1. The fourth-order valence-electron chi connectivity index (χ4n) is 2.89. The van der Waals surface area contributed by atoms with Crippen molar-refractivity contribution in [3.05, 3.63) is 16.5 Å². The zero-order valence-electron chi connectivity index (χ0n) is 16.1. The topological polar surface area (TPSA) is 61.4 Å². The van der Waals surface area contributed by atoms with Gasteiger partial charge in [0.15, 0.2) is 0 Å². The van der Waals surface area contributed by atoms with Crippen LogP contribution in [-0.2, 0) is 4.79 Å². The number of hydrogen-bond donors (Lipinski definition) is 2. The van der Waals surface area contributed by atoms with Gasteiger partial charge in [0.05, 0.1) is 9.88 Å². The lowest BCUT2D eigenvalue weighted by atomic mass is 9.96. The normalized spacial score (nSPS) is 16.7. The third kappa shape index (κ3) is 5.54. The second kappa shape index (κ2) is 8.32. The van der Waals surface area contributed by atoms with Crippen LogP contribution in [0.1, 0.15) is 55.8 Å². The van der Waals surface area contributed by atoms with Crippen LogP contribution in [0.4, 0.5) is 5.00 Å². The van der Waals surface area contributed by atoms with Crippen LogP contribution in [0, 0.1) is 18.3 Å². The van der Waals surface area contributed by atoms with Crippen molar-refractivity contribution in [2.75, 3.05) is 31.5 Å². The van der Waals surface area contributed by atoms with Crippen molar-refractivity contribution in [1.29, 1.82) is 0 Å². The van der Waals surface area contributed by atoms with Crippen LogP contribution in [-0.4, -0.2) is 42.9 Å². The lowest BCUT2D eigenvalue weighted by molar-refractivity contribution is -0.123. The van der Waals surface area contributed by atoms with E-state index in [1.54, 1.807) is 0 Å². The molecular weight excluding hydrogens is 334 g/mol. The lowest BCUT2D eigenvalue weighted by Crippen LogP contribution is -2.38. The van der Waals surface area contributed by atoms with Crippen molar-refractivity contribution in [3.63, 3.8) is 0 Å². The maximum absolute atomic E-state index is 12.5. The van der Waals surface area contributed by atoms with Crippen molar-refractivity contribution in [2.24, 2.45) is 11.3 Å². The Bertz CT molecular complexity index is 611. The molecule has 2 N–H and O–H groups in total. The highest BCUT2D eigenvalue weighted by Crippen LogP contribution is 2.28. The van der Waals surface area contributed by atoms with Crippen LogP contribution in [0.2, 0.25) is 0 Å². The summed E-state index contributed by atoms with van der Waals surface area (Å²) in [7, 11) is 0. The molecule has 140 valence electrons. The molecule has 6 heteroatoms. The Balaban J connectivity index is 1.88. The zero-order chi connectivity index (χ0) is 18.6. The van der Waals surface area contributed by atoms with E-state index in [0.717, 1.165) is 49.6 Å². The molecule has 25 heavy (non-hydrogen) atoms. The van der Waals surface area contributed by atoms with E-state index in [-0.39, 0.29) is 11.8 Å². The van der Waals surface area contributed by atoms with Gasteiger partial charge in [-0.05, 0) is 56.9 Å². The highest BCUT2D eigenvalue weighted by Gasteiger charge is 2.23. The summed E-state index contributed by atoms with van der Waals surface area (Å²) < 4.78 is 0. The van der Waals surface area contributed by atoms with Gasteiger partial charge in [-0.25, -0.2) is 0 Å². The summed E-state index contributed by atoms with van der Waals surface area (Å²) in [5.41, 5.74) is 0.459. The molecule has 2 rings (SSSR count). The number of piperidine rings is 1. The molecule has 0 atom stereocenters. The van der Waals surface area contributed by atoms with Gasteiger partial charge in [-0.15, -0.1) is 11.3 Å². The van der Waals surface area contributed by atoms with Gasteiger partial charge in [0.25, 0.3) is 5.91 Å². The van der Waals surface area contributed by atoms with Gasteiger partial charge in [-0.2, -0.15) is 0 Å². The van der Waals surface area contributed by atoms with Crippen molar-refractivity contribution in [2.45, 2.75) is 47.5 Å². The molecule has 1 aromatic heterocycles. The third-order valence-electron chi connectivity index (χ3n) is 4.75. The Labute approximate surface area is 155 Å². The van der Waals surface area contributed by atoms with Crippen LogP contribution in [0.3, 0.4) is 0 Å². The van der Waals surface area contributed by atoms with E-state index in [1.807, 2.05) is 33.8 Å². The average molecular weight is 366 g/mol. The third-order valence-corrected chi connectivity index (χ3v) is 5.90. The molecular formula is C19H31N3O2S. The van der Waals surface area contributed by atoms with Gasteiger partial charge in [-0.1, -0.05) is 27.7 Å². The van der Waals surface area contributed by atoms with Crippen molar-refractivity contribution >= 4 is 28.2 Å². The molecule has 1 aromatic rings. The van der Waals surface area contributed by atoms with E-state index in [2.05, 4.69) is 22.5 Å². The van der Waals surface area contributed by atoms with Gasteiger partial charge in [-0.3, -0.25) is 9.59 Å². The lowest BCUT2D eigenvalue weighted by Gasteiger charge is -2.31. The number of nitrogens with one attached hydrogen (secondary N) is 2. The number of likely N-dealkylation sites (tertiary alicyclic amines) is 1. The van der Waals surface area contributed by atoms with E-state index >= 15 is 0 Å². The smallest absolute Gasteiger partial charge is 0.261 e. The van der Waals surface area contributed by atoms with Crippen molar-refractivity contribution < 1.29 is 9.59 Å². The summed E-state index contributed by atoms with van der Waals surface area (Å²) in [5, 5.41) is 6.72. The maximum Gasteiger partial charge on any atom is 0.261 e. The Hall–Kier alpha value is -1.40. The first-order chi connectivity index (χ1) is 11.7. The van der Waals surface area contributed by atoms with Crippen LogP contribution in [0.5, 0.6) is 0 Å². The number of nitrogens with zero attached hydrogens (tertiary/aromatic N) is 1. The molecule has 0 aliphatic carbocycles. The van der Waals surface area contributed by atoms with E-state index in [4.69, 9.17) is 0 Å². The monoisotopic (exact) mass is 365 g/mol. The van der Waals surface area contributed by atoms with Gasteiger partial charge < -0.3 is 15.5 Å². The molecule has 0 radical (unpaired) electrons. The summed E-state index contributed by atoms with van der Waals surface area (Å²) in [6.07, 6.45) is 2.29. The fraction of sp³-hybridized carbons (Fsp3) is 0.684. The van der Waals surface area contributed by atoms with Crippen LogP contribution in [0.15, 0.2) is 6.07 Å². The number of carbonyl (C=O) groups excluding carboxylic acids is 2. The summed E-state index contributed by atoms with van der Waals surface area (Å²) in [4.78, 5) is 27.7. The van der Waals surface area contributed by atoms with Gasteiger partial charge >= 0.3 is 0 Å². The minimum Gasteiger partial charge on any atom is -0.351 e. The second-order valence-electron chi connectivity index (χ2n) is 7.91. The number of amides is 2. The maximum atomic E-state index is 12.5. The molecule has 2 amide bonds. The minimum atomic E-state index is -0.451. The largest absolute Gasteiger partial charge is 0.351 e. The second-order valence-corrected chi connectivity index (χ2v) is 8.97. The summed E-state index contributed by atoms with van der Waals surface area (Å²) in [6.45, 7) is 13.8. The first kappa shape index (κ1) is 19.9. The molecule has 1 fully saturated rings. The molecule has 1 saturated heterocycles. The Morgan fingerprint density at radius 3 is 2.48 bits per heavy atom. The predicted molar refractivity (Wildman–Crippen MR) is 104 cm³/mol. The molecule has 2 heterocycles. The standard InChI is InChI=1S/C19H31N3O2S/c1-6-22-9-7-14(8-10-22)12-20-17(23)16-13(2)11-15(25-16)21-18(24)19(3,4)5/h11,14H,6-10,12H2,1-5H3,(H,20,23)(H,21,24). The van der Waals surface area contributed by atoms with E-state index in [0.29, 0.717) is 10.8 Å². The highest BCUT2D eigenvalue weighted by atomic mass is 32.1. The molecule has 0 bridgehead atoms. The van der Waals surface area contributed by atoms with Gasteiger partial charge in [0.2, 0.25) is 5.91 Å². The molecule has 0 unspecified atom stereocenters. The summed E-state index contributed by atoms with van der Waals surface area (Å²) in [6, 6.07) is 1.88. The number of aryl methyl sites for hydroxylation is 1. The highest BCUT2D eigenvalue weighted by molar-refractivity contribution is 7.18. The van der Waals surface area contributed by atoms with Crippen LogP contribution < -0.4 is 10.6 Å².